The van der Waals surface area contributed by atoms with Crippen LogP contribution in [0.15, 0.2) is 12.1 Å². The highest BCUT2D eigenvalue weighted by molar-refractivity contribution is 6.29. The van der Waals surface area contributed by atoms with E-state index in [0.29, 0.717) is 17.4 Å². The van der Waals surface area contributed by atoms with Gasteiger partial charge in [0.15, 0.2) is 0 Å². The number of hydrogen-bond acceptors (Lipinski definition) is 4. The number of aromatic nitrogens is 1. The molecule has 0 radical (unpaired) electrons. The molecule has 1 fully saturated rings. The van der Waals surface area contributed by atoms with Crippen LogP contribution in [0.1, 0.15) is 13.8 Å². The molecule has 0 amide bonds. The summed E-state index contributed by atoms with van der Waals surface area (Å²) < 4.78 is 5.64. The monoisotopic (exact) mass is 241 g/mol. The largest absolute Gasteiger partial charge is 0.399 e. The van der Waals surface area contributed by atoms with Crippen molar-refractivity contribution in [1.29, 1.82) is 0 Å². The van der Waals surface area contributed by atoms with Crippen LogP contribution in [0.3, 0.4) is 0 Å². The second-order valence-electron chi connectivity index (χ2n) is 4.61. The zero-order valence-electron chi connectivity index (χ0n) is 9.53. The van der Waals surface area contributed by atoms with Gasteiger partial charge in [0.1, 0.15) is 11.0 Å². The Bertz CT molecular complexity index is 375. The standard InChI is InChI=1S/C11H16ClN3O/c1-11(2)7-15(3-4-16-11)10-6-8(13)5-9(12)14-10/h5-6H,3-4,7H2,1-2H3,(H2,13,14). The summed E-state index contributed by atoms with van der Waals surface area (Å²) in [6, 6.07) is 3.49. The first-order valence-electron chi connectivity index (χ1n) is 5.28. The number of nitrogens with two attached hydrogens (primary N) is 1. The Hall–Kier alpha value is -1.00. The molecule has 1 aliphatic rings. The van der Waals surface area contributed by atoms with Gasteiger partial charge >= 0.3 is 0 Å². The summed E-state index contributed by atoms with van der Waals surface area (Å²) in [5, 5.41) is 0.430. The van der Waals surface area contributed by atoms with E-state index in [2.05, 4.69) is 23.7 Å². The third kappa shape index (κ3) is 2.57. The van der Waals surface area contributed by atoms with Gasteiger partial charge in [-0.05, 0) is 19.9 Å². The van der Waals surface area contributed by atoms with Gasteiger partial charge in [-0.1, -0.05) is 11.6 Å². The summed E-state index contributed by atoms with van der Waals surface area (Å²) in [7, 11) is 0. The summed E-state index contributed by atoms with van der Waals surface area (Å²) in [6.07, 6.45) is 0. The highest BCUT2D eigenvalue weighted by Gasteiger charge is 2.28. The van der Waals surface area contributed by atoms with E-state index in [1.165, 1.54) is 0 Å². The highest BCUT2D eigenvalue weighted by Crippen LogP contribution is 2.24. The van der Waals surface area contributed by atoms with E-state index in [-0.39, 0.29) is 5.60 Å². The molecule has 1 saturated heterocycles. The second-order valence-corrected chi connectivity index (χ2v) is 5.00. The minimum Gasteiger partial charge on any atom is -0.399 e. The minimum absolute atomic E-state index is 0.156. The molecule has 0 saturated carbocycles. The number of anilines is 2. The molecule has 1 aliphatic heterocycles. The lowest BCUT2D eigenvalue weighted by Crippen LogP contribution is -2.48. The summed E-state index contributed by atoms with van der Waals surface area (Å²) >= 11 is 5.89. The van der Waals surface area contributed by atoms with Gasteiger partial charge in [0.2, 0.25) is 0 Å². The van der Waals surface area contributed by atoms with Crippen molar-refractivity contribution in [2.45, 2.75) is 19.4 Å². The quantitative estimate of drug-likeness (QED) is 0.764. The van der Waals surface area contributed by atoms with Crippen molar-refractivity contribution in [1.82, 2.24) is 4.98 Å². The Balaban J connectivity index is 2.23. The lowest BCUT2D eigenvalue weighted by atomic mass is 10.1. The molecule has 0 aliphatic carbocycles. The summed E-state index contributed by atoms with van der Waals surface area (Å²) in [5.41, 5.74) is 6.23. The van der Waals surface area contributed by atoms with E-state index >= 15 is 0 Å². The molecule has 0 spiro atoms. The molecule has 88 valence electrons. The normalized spacial score (nSPS) is 19.8. The van der Waals surface area contributed by atoms with Crippen LogP contribution >= 0.6 is 11.6 Å². The average molecular weight is 242 g/mol. The molecule has 4 nitrogen and oxygen atoms in total. The maximum absolute atomic E-state index is 5.89. The van der Waals surface area contributed by atoms with Crippen molar-refractivity contribution in [2.24, 2.45) is 0 Å². The van der Waals surface area contributed by atoms with Crippen LogP contribution in [0.2, 0.25) is 5.15 Å². The Morgan fingerprint density at radius 1 is 1.50 bits per heavy atom. The third-order valence-electron chi connectivity index (χ3n) is 2.55. The Kier molecular flexibility index (Phi) is 2.95. The first-order chi connectivity index (χ1) is 7.46. The van der Waals surface area contributed by atoms with Gasteiger partial charge in [-0.25, -0.2) is 4.98 Å². The molecule has 0 aromatic carbocycles. The lowest BCUT2D eigenvalue weighted by molar-refractivity contribution is -0.0279. The smallest absolute Gasteiger partial charge is 0.133 e. The Morgan fingerprint density at radius 2 is 2.25 bits per heavy atom. The van der Waals surface area contributed by atoms with E-state index < -0.39 is 0 Å². The van der Waals surface area contributed by atoms with Crippen molar-refractivity contribution in [3.05, 3.63) is 17.3 Å². The van der Waals surface area contributed by atoms with Crippen LogP contribution in [-0.2, 0) is 4.74 Å². The molecule has 1 aromatic rings. The van der Waals surface area contributed by atoms with E-state index in [1.54, 1.807) is 6.07 Å². The maximum atomic E-state index is 5.89. The number of hydrogen-bond donors (Lipinski definition) is 1. The van der Waals surface area contributed by atoms with Gasteiger partial charge in [0, 0.05) is 24.8 Å². The molecular weight excluding hydrogens is 226 g/mol. The van der Waals surface area contributed by atoms with Crippen molar-refractivity contribution >= 4 is 23.1 Å². The fourth-order valence-electron chi connectivity index (χ4n) is 1.88. The molecule has 0 unspecified atom stereocenters. The second kappa shape index (κ2) is 4.11. The van der Waals surface area contributed by atoms with Gasteiger partial charge in [0.25, 0.3) is 0 Å². The predicted octanol–water partition coefficient (Wildman–Crippen LogP) is 1.93. The first kappa shape index (κ1) is 11.5. The maximum Gasteiger partial charge on any atom is 0.133 e. The lowest BCUT2D eigenvalue weighted by Gasteiger charge is -2.38. The molecule has 2 rings (SSSR count). The van der Waals surface area contributed by atoms with E-state index in [4.69, 9.17) is 22.1 Å². The van der Waals surface area contributed by atoms with Crippen molar-refractivity contribution in [3.63, 3.8) is 0 Å². The topological polar surface area (TPSA) is 51.4 Å². The predicted molar refractivity (Wildman–Crippen MR) is 65.9 cm³/mol. The Morgan fingerprint density at radius 3 is 2.88 bits per heavy atom. The number of morpholine rings is 1. The summed E-state index contributed by atoms with van der Waals surface area (Å²) in [5.74, 6) is 0.821. The molecule has 2 N–H and O–H groups in total. The third-order valence-corrected chi connectivity index (χ3v) is 2.75. The molecule has 0 bridgehead atoms. The van der Waals surface area contributed by atoms with Gasteiger partial charge in [-0.3, -0.25) is 0 Å². The van der Waals surface area contributed by atoms with Crippen molar-refractivity contribution in [2.75, 3.05) is 30.3 Å². The van der Waals surface area contributed by atoms with Crippen LogP contribution < -0.4 is 10.6 Å². The number of nitrogen functional groups attached to an aromatic ring is 1. The fraction of sp³-hybridized carbons (Fsp3) is 0.545. The SMILES string of the molecule is CC1(C)CN(c2cc(N)cc(Cl)n2)CCO1. The number of ether oxygens (including phenoxy) is 1. The van der Waals surface area contributed by atoms with Crippen LogP contribution in [-0.4, -0.2) is 30.3 Å². The van der Waals surface area contributed by atoms with Crippen LogP contribution in [0.5, 0.6) is 0 Å². The van der Waals surface area contributed by atoms with E-state index in [9.17, 15) is 0 Å². The van der Waals surface area contributed by atoms with Crippen molar-refractivity contribution < 1.29 is 4.74 Å². The molecule has 0 atom stereocenters. The number of nitrogens with zero attached hydrogens (tertiary/aromatic N) is 2. The van der Waals surface area contributed by atoms with Gasteiger partial charge in [0.05, 0.1) is 12.2 Å². The van der Waals surface area contributed by atoms with Crippen molar-refractivity contribution in [3.8, 4) is 0 Å². The van der Waals surface area contributed by atoms with Gasteiger partial charge < -0.3 is 15.4 Å². The van der Waals surface area contributed by atoms with Crippen LogP contribution in [0.4, 0.5) is 11.5 Å². The first-order valence-corrected chi connectivity index (χ1v) is 5.66. The number of pyridine rings is 1. The highest BCUT2D eigenvalue weighted by atomic mass is 35.5. The zero-order chi connectivity index (χ0) is 11.8. The van der Waals surface area contributed by atoms with Crippen LogP contribution in [0, 0.1) is 0 Å². The molecule has 2 heterocycles. The average Bonchev–Trinajstić information content (AvgIpc) is 2.14. The van der Waals surface area contributed by atoms with E-state index in [0.717, 1.165) is 18.9 Å². The number of rotatable bonds is 1. The van der Waals surface area contributed by atoms with E-state index in [1.807, 2.05) is 6.07 Å². The summed E-state index contributed by atoms with van der Waals surface area (Å²) in [6.45, 7) is 6.43. The van der Waals surface area contributed by atoms with Gasteiger partial charge in [-0.15, -0.1) is 0 Å². The van der Waals surface area contributed by atoms with Gasteiger partial charge in [-0.2, -0.15) is 0 Å². The minimum atomic E-state index is -0.156. The zero-order valence-corrected chi connectivity index (χ0v) is 10.3. The Labute approximate surface area is 100 Å². The summed E-state index contributed by atoms with van der Waals surface area (Å²) in [4.78, 5) is 6.42. The van der Waals surface area contributed by atoms with Crippen LogP contribution in [0.25, 0.3) is 0 Å². The molecule has 1 aromatic heterocycles. The molecule has 5 heteroatoms. The number of halogens is 1. The molecular formula is C11H16ClN3O. The fourth-order valence-corrected chi connectivity index (χ4v) is 2.09. The molecule has 16 heavy (non-hydrogen) atoms.